The van der Waals surface area contributed by atoms with Crippen LogP contribution in [-0.2, 0) is 4.79 Å². The largest absolute Gasteiger partial charge is 0.493 e. The van der Waals surface area contributed by atoms with Crippen LogP contribution in [0.4, 0.5) is 10.8 Å². The van der Waals surface area contributed by atoms with E-state index >= 15 is 0 Å². The van der Waals surface area contributed by atoms with Crippen LogP contribution in [0.1, 0.15) is 5.69 Å². The number of ether oxygens (including phenoxy) is 2. The van der Waals surface area contributed by atoms with Crippen LogP contribution in [-0.4, -0.2) is 41.0 Å². The van der Waals surface area contributed by atoms with Crippen molar-refractivity contribution in [3.05, 3.63) is 29.4 Å². The van der Waals surface area contributed by atoms with E-state index in [0.717, 1.165) is 27.4 Å². The van der Waals surface area contributed by atoms with E-state index in [1.165, 1.54) is 0 Å². The number of aryl methyl sites for hydroxylation is 1. The van der Waals surface area contributed by atoms with Gasteiger partial charge in [0.2, 0.25) is 0 Å². The maximum atomic E-state index is 8.36. The first-order valence-corrected chi connectivity index (χ1v) is 7.65. The molecule has 3 aromatic rings. The summed E-state index contributed by atoms with van der Waals surface area (Å²) in [5.74, 6) is 1.28. The molecule has 0 amide bonds. The summed E-state index contributed by atoms with van der Waals surface area (Å²) < 4.78 is 10.6. The number of nitrogens with zero attached hydrogens (tertiary/aromatic N) is 3. The third kappa shape index (κ3) is 3.87. The molecule has 0 aliphatic heterocycles. The Labute approximate surface area is 142 Å². The SMILES string of the molecule is COc1cc2nncc(Nc3nc(C)cs3)c2cc1OC.O=CO. The van der Waals surface area contributed by atoms with Gasteiger partial charge in [-0.3, -0.25) is 4.79 Å². The first-order chi connectivity index (χ1) is 11.6. The zero-order valence-electron chi connectivity index (χ0n) is 13.3. The van der Waals surface area contributed by atoms with Crippen LogP contribution in [0.3, 0.4) is 0 Å². The van der Waals surface area contributed by atoms with Crippen molar-refractivity contribution < 1.29 is 19.4 Å². The zero-order chi connectivity index (χ0) is 17.5. The van der Waals surface area contributed by atoms with Crippen LogP contribution in [0.2, 0.25) is 0 Å². The van der Waals surface area contributed by atoms with Crippen LogP contribution >= 0.6 is 11.3 Å². The van der Waals surface area contributed by atoms with Crippen molar-refractivity contribution in [3.8, 4) is 11.5 Å². The van der Waals surface area contributed by atoms with Crippen molar-refractivity contribution in [2.45, 2.75) is 6.92 Å². The summed E-state index contributed by atoms with van der Waals surface area (Å²) in [4.78, 5) is 12.8. The summed E-state index contributed by atoms with van der Waals surface area (Å²) in [7, 11) is 3.20. The van der Waals surface area contributed by atoms with Gasteiger partial charge in [-0.2, -0.15) is 10.2 Å². The fraction of sp³-hybridized carbons (Fsp3) is 0.200. The molecule has 0 aliphatic rings. The van der Waals surface area contributed by atoms with Gasteiger partial charge in [-0.1, -0.05) is 0 Å². The van der Waals surface area contributed by atoms with Crippen LogP contribution in [0.15, 0.2) is 23.7 Å². The van der Waals surface area contributed by atoms with Gasteiger partial charge < -0.3 is 19.9 Å². The van der Waals surface area contributed by atoms with Crippen molar-refractivity contribution in [1.82, 2.24) is 15.2 Å². The molecule has 24 heavy (non-hydrogen) atoms. The molecule has 0 radical (unpaired) electrons. The van der Waals surface area contributed by atoms with Crippen LogP contribution in [0.5, 0.6) is 11.5 Å². The number of nitrogens with one attached hydrogen (secondary N) is 1. The second-order valence-electron chi connectivity index (χ2n) is 4.51. The highest BCUT2D eigenvalue weighted by Gasteiger charge is 2.11. The molecule has 2 N–H and O–H groups in total. The Hall–Kier alpha value is -2.94. The molecule has 0 saturated heterocycles. The van der Waals surface area contributed by atoms with E-state index in [0.29, 0.717) is 11.5 Å². The molecule has 2 aromatic heterocycles. The van der Waals surface area contributed by atoms with Gasteiger partial charge in [0.25, 0.3) is 6.47 Å². The normalized spacial score (nSPS) is 9.79. The number of thiazole rings is 1. The maximum Gasteiger partial charge on any atom is 0.290 e. The summed E-state index contributed by atoms with van der Waals surface area (Å²) in [6, 6.07) is 3.69. The Morgan fingerprint density at radius 1 is 1.25 bits per heavy atom. The average molecular weight is 348 g/mol. The molecule has 0 unspecified atom stereocenters. The topological polar surface area (TPSA) is 106 Å². The van der Waals surface area contributed by atoms with Crippen molar-refractivity contribution in [3.63, 3.8) is 0 Å². The summed E-state index contributed by atoms with van der Waals surface area (Å²) in [6.07, 6.45) is 1.67. The van der Waals surface area contributed by atoms with Gasteiger partial charge in [0.1, 0.15) is 0 Å². The Balaban J connectivity index is 0.000000647. The van der Waals surface area contributed by atoms with Gasteiger partial charge >= 0.3 is 0 Å². The van der Waals surface area contributed by atoms with E-state index < -0.39 is 0 Å². The van der Waals surface area contributed by atoms with Crippen molar-refractivity contribution >= 4 is 39.5 Å². The van der Waals surface area contributed by atoms with Gasteiger partial charge in [-0.15, -0.1) is 11.3 Å². The average Bonchev–Trinajstić information content (AvgIpc) is 2.99. The number of benzene rings is 1. The number of aromatic nitrogens is 3. The minimum atomic E-state index is -0.250. The van der Waals surface area contributed by atoms with Crippen LogP contribution in [0, 0.1) is 6.92 Å². The minimum absolute atomic E-state index is 0.250. The molecule has 126 valence electrons. The lowest BCUT2D eigenvalue weighted by atomic mass is 10.2. The monoisotopic (exact) mass is 348 g/mol. The number of carbonyl (C=O) groups is 1. The Kier molecular flexibility index (Phi) is 5.85. The Bertz CT molecular complexity index is 837. The molecular formula is C15H16N4O4S. The van der Waals surface area contributed by atoms with E-state index in [2.05, 4.69) is 20.5 Å². The highest BCUT2D eigenvalue weighted by atomic mass is 32.1. The third-order valence-corrected chi connectivity index (χ3v) is 3.88. The second-order valence-corrected chi connectivity index (χ2v) is 5.37. The molecule has 0 bridgehead atoms. The van der Waals surface area contributed by atoms with Crippen LogP contribution < -0.4 is 14.8 Å². The van der Waals surface area contributed by atoms with Crippen molar-refractivity contribution in [1.29, 1.82) is 0 Å². The lowest BCUT2D eigenvalue weighted by Gasteiger charge is -2.11. The van der Waals surface area contributed by atoms with E-state index in [1.54, 1.807) is 37.8 Å². The molecule has 8 nitrogen and oxygen atoms in total. The van der Waals surface area contributed by atoms with E-state index in [9.17, 15) is 0 Å². The maximum absolute atomic E-state index is 8.36. The molecule has 0 aliphatic carbocycles. The summed E-state index contributed by atoms with van der Waals surface area (Å²) >= 11 is 1.54. The fourth-order valence-electron chi connectivity index (χ4n) is 2.01. The molecule has 0 spiro atoms. The van der Waals surface area contributed by atoms with E-state index in [1.807, 2.05) is 18.4 Å². The minimum Gasteiger partial charge on any atom is -0.493 e. The molecule has 9 heteroatoms. The number of fused-ring (bicyclic) bond motifs is 1. The number of rotatable bonds is 4. The van der Waals surface area contributed by atoms with Gasteiger partial charge in [0, 0.05) is 16.8 Å². The standard InChI is InChI=1S/C14H14N4O2S.CH2O2/c1-8-7-21-14(16-8)17-11-6-15-18-10-5-13(20-3)12(19-2)4-9(10)11;2-1-3/h4-7H,1-3H3,(H,16,17,18);1H,(H,2,3). The third-order valence-electron chi connectivity index (χ3n) is 3.00. The number of hydrogen-bond acceptors (Lipinski definition) is 8. The molecule has 0 fully saturated rings. The Morgan fingerprint density at radius 3 is 2.50 bits per heavy atom. The van der Waals surface area contributed by atoms with E-state index in [-0.39, 0.29) is 6.47 Å². The highest BCUT2D eigenvalue weighted by Crippen LogP contribution is 2.35. The Morgan fingerprint density at radius 2 is 1.92 bits per heavy atom. The first kappa shape index (κ1) is 17.4. The predicted molar refractivity (Wildman–Crippen MR) is 91.5 cm³/mol. The lowest BCUT2D eigenvalue weighted by molar-refractivity contribution is -0.122. The lowest BCUT2D eigenvalue weighted by Crippen LogP contribution is -1.97. The fourth-order valence-corrected chi connectivity index (χ4v) is 2.71. The zero-order valence-corrected chi connectivity index (χ0v) is 14.1. The van der Waals surface area contributed by atoms with Crippen molar-refractivity contribution in [2.75, 3.05) is 19.5 Å². The summed E-state index contributed by atoms with van der Waals surface area (Å²) in [6.45, 7) is 1.71. The smallest absolute Gasteiger partial charge is 0.290 e. The summed E-state index contributed by atoms with van der Waals surface area (Å²) in [5, 5.41) is 22.0. The number of anilines is 2. The van der Waals surface area contributed by atoms with Crippen molar-refractivity contribution in [2.24, 2.45) is 0 Å². The molecule has 3 rings (SSSR count). The predicted octanol–water partition coefficient (Wildman–Crippen LogP) is 2.86. The first-order valence-electron chi connectivity index (χ1n) is 6.77. The number of carboxylic acid groups (broad SMARTS) is 1. The number of methoxy groups -OCH3 is 2. The van der Waals surface area contributed by atoms with Gasteiger partial charge in [0.05, 0.1) is 37.3 Å². The molecule has 0 atom stereocenters. The van der Waals surface area contributed by atoms with Gasteiger partial charge in [-0.25, -0.2) is 4.98 Å². The highest BCUT2D eigenvalue weighted by molar-refractivity contribution is 7.13. The molecular weight excluding hydrogens is 332 g/mol. The second kappa shape index (κ2) is 8.06. The van der Waals surface area contributed by atoms with Gasteiger partial charge in [0.15, 0.2) is 16.6 Å². The molecule has 1 aromatic carbocycles. The van der Waals surface area contributed by atoms with E-state index in [4.69, 9.17) is 19.4 Å². The van der Waals surface area contributed by atoms with Gasteiger partial charge in [-0.05, 0) is 13.0 Å². The quantitative estimate of drug-likeness (QED) is 0.693. The molecule has 0 saturated carbocycles. The summed E-state index contributed by atoms with van der Waals surface area (Å²) in [5.41, 5.74) is 2.54. The number of hydrogen-bond donors (Lipinski definition) is 2. The van der Waals surface area contributed by atoms with Crippen LogP contribution in [0.25, 0.3) is 10.9 Å². The molecule has 2 heterocycles.